The Kier molecular flexibility index (Phi) is 3.27. The smallest absolute Gasteiger partial charge is 0.260 e. The number of nitrogens with zero attached hydrogens (tertiary/aromatic N) is 3. The summed E-state index contributed by atoms with van der Waals surface area (Å²) < 4.78 is 1.72. The molecule has 8 heteroatoms. The molecule has 0 unspecified atom stereocenters. The molecule has 0 aliphatic carbocycles. The molecule has 4 heterocycles. The molecule has 0 saturated carbocycles. The Morgan fingerprint density at radius 1 is 1.33 bits per heavy atom. The third kappa shape index (κ3) is 2.31. The Morgan fingerprint density at radius 3 is 2.92 bits per heavy atom. The van der Waals surface area contributed by atoms with Crippen molar-refractivity contribution in [3.8, 4) is 0 Å². The second-order valence-corrected chi connectivity index (χ2v) is 6.65. The number of aromatic nitrogens is 3. The highest BCUT2D eigenvalue weighted by atomic mass is 32.2. The summed E-state index contributed by atoms with van der Waals surface area (Å²) in [4.78, 5) is 17.7. The van der Waals surface area contributed by atoms with Crippen LogP contribution in [0.2, 0.25) is 0 Å². The highest BCUT2D eigenvalue weighted by Crippen LogP contribution is 2.39. The minimum Gasteiger partial charge on any atom is -0.354 e. The van der Waals surface area contributed by atoms with E-state index in [-0.39, 0.29) is 11.6 Å². The quantitative estimate of drug-likeness (QED) is 0.691. The van der Waals surface area contributed by atoms with Crippen LogP contribution >= 0.6 is 11.8 Å². The van der Waals surface area contributed by atoms with Gasteiger partial charge in [-0.25, -0.2) is 0 Å². The van der Waals surface area contributed by atoms with Gasteiger partial charge in [0.05, 0.1) is 28.2 Å². The van der Waals surface area contributed by atoms with Crippen molar-refractivity contribution in [2.75, 3.05) is 5.32 Å². The second-order valence-electron chi connectivity index (χ2n) is 5.60. The summed E-state index contributed by atoms with van der Waals surface area (Å²) in [6.45, 7) is 1.90. The number of anilines is 1. The van der Waals surface area contributed by atoms with Crippen molar-refractivity contribution in [1.29, 1.82) is 5.41 Å². The van der Waals surface area contributed by atoms with E-state index in [9.17, 15) is 4.79 Å². The monoisotopic (exact) mass is 338 g/mol. The molecule has 0 atom stereocenters. The Bertz CT molecular complexity index is 955. The number of carbonyl (C=O) groups excluding carboxylic acids is 1. The van der Waals surface area contributed by atoms with Crippen LogP contribution in [0.3, 0.4) is 0 Å². The Labute approximate surface area is 142 Å². The summed E-state index contributed by atoms with van der Waals surface area (Å²) in [5, 5.41) is 19.1. The molecule has 2 aromatic rings. The number of aryl methyl sites for hydroxylation is 2. The van der Waals surface area contributed by atoms with E-state index in [2.05, 4.69) is 20.7 Å². The molecule has 0 fully saturated rings. The Balaban J connectivity index is 1.70. The van der Waals surface area contributed by atoms with E-state index in [0.717, 1.165) is 16.0 Å². The molecule has 7 nitrogen and oxygen atoms in total. The van der Waals surface area contributed by atoms with E-state index in [1.165, 1.54) is 11.8 Å². The topological polar surface area (TPSA) is 95.7 Å². The fourth-order valence-electron chi connectivity index (χ4n) is 2.61. The van der Waals surface area contributed by atoms with Crippen molar-refractivity contribution >= 4 is 34.0 Å². The molecule has 2 aliphatic heterocycles. The summed E-state index contributed by atoms with van der Waals surface area (Å²) in [7, 11) is 1.85. The van der Waals surface area contributed by atoms with Gasteiger partial charge in [-0.1, -0.05) is 11.8 Å². The van der Waals surface area contributed by atoms with Crippen LogP contribution in [0.5, 0.6) is 0 Å². The summed E-state index contributed by atoms with van der Waals surface area (Å²) in [5.41, 5.74) is 3.40. The number of amides is 1. The normalized spacial score (nSPS) is 19.7. The lowest BCUT2D eigenvalue weighted by Gasteiger charge is -2.21. The van der Waals surface area contributed by atoms with Crippen LogP contribution in [0.4, 0.5) is 5.69 Å². The van der Waals surface area contributed by atoms with Gasteiger partial charge >= 0.3 is 0 Å². The number of nitrogens with one attached hydrogen (secondary N) is 3. The SMILES string of the molecule is Cc1cnc2c(c1)NC(=O)/C(=C1/NC=C(c3cnn(C)c3)S1)C2=N. The van der Waals surface area contributed by atoms with E-state index in [0.29, 0.717) is 22.0 Å². The molecule has 1 amide bonds. The van der Waals surface area contributed by atoms with Crippen LogP contribution in [-0.4, -0.2) is 26.4 Å². The van der Waals surface area contributed by atoms with Gasteiger partial charge < -0.3 is 10.6 Å². The zero-order valence-corrected chi connectivity index (χ0v) is 13.9. The molecule has 0 radical (unpaired) electrons. The molecule has 120 valence electrons. The molecule has 3 N–H and O–H groups in total. The van der Waals surface area contributed by atoms with Crippen molar-refractivity contribution in [3.63, 3.8) is 0 Å². The van der Waals surface area contributed by atoms with Crippen molar-refractivity contribution in [2.24, 2.45) is 7.05 Å². The lowest BCUT2D eigenvalue weighted by molar-refractivity contribution is -0.112. The van der Waals surface area contributed by atoms with Gasteiger partial charge in [0, 0.05) is 36.1 Å². The maximum absolute atomic E-state index is 12.5. The first-order chi connectivity index (χ1) is 11.5. The number of pyridine rings is 1. The van der Waals surface area contributed by atoms with E-state index >= 15 is 0 Å². The van der Waals surface area contributed by atoms with Crippen LogP contribution in [0.1, 0.15) is 16.8 Å². The third-order valence-corrected chi connectivity index (χ3v) is 4.85. The van der Waals surface area contributed by atoms with Crippen LogP contribution < -0.4 is 10.6 Å². The Morgan fingerprint density at radius 2 is 2.17 bits per heavy atom. The number of carbonyl (C=O) groups is 1. The first-order valence-corrected chi connectivity index (χ1v) is 8.10. The van der Waals surface area contributed by atoms with Crippen molar-refractivity contribution in [3.05, 3.63) is 58.3 Å². The molecule has 2 aromatic heterocycles. The van der Waals surface area contributed by atoms with Crippen molar-refractivity contribution in [2.45, 2.75) is 6.92 Å². The molecule has 0 aromatic carbocycles. The lowest BCUT2D eigenvalue weighted by atomic mass is 10.0. The standard InChI is InChI=1S/C16H14N6OS/c1-8-3-10-14(18-4-8)13(17)12(15(23)21-10)16-19-6-11(24-16)9-5-20-22(2)7-9/h3-7,17,19H,1-2H3,(H,21,23)/b16-12-,17-13?. The number of rotatable bonds is 1. The van der Waals surface area contributed by atoms with Crippen molar-refractivity contribution in [1.82, 2.24) is 20.1 Å². The fourth-order valence-corrected chi connectivity index (χ4v) is 3.59. The predicted octanol–water partition coefficient (Wildman–Crippen LogP) is 1.99. The molecule has 4 rings (SSSR count). The largest absolute Gasteiger partial charge is 0.354 e. The zero-order chi connectivity index (χ0) is 16.8. The summed E-state index contributed by atoms with van der Waals surface area (Å²) in [5.74, 6) is -0.296. The highest BCUT2D eigenvalue weighted by molar-refractivity contribution is 8.12. The van der Waals surface area contributed by atoms with E-state index in [1.54, 1.807) is 17.1 Å². The molecule has 0 bridgehead atoms. The minimum absolute atomic E-state index is 0.129. The number of hydrogen-bond donors (Lipinski definition) is 3. The highest BCUT2D eigenvalue weighted by Gasteiger charge is 2.32. The van der Waals surface area contributed by atoms with E-state index < -0.39 is 0 Å². The van der Waals surface area contributed by atoms with Crippen molar-refractivity contribution < 1.29 is 4.79 Å². The second kappa shape index (κ2) is 5.34. The molecular formula is C16H14N6OS. The van der Waals surface area contributed by atoms with Crippen LogP contribution in [0, 0.1) is 12.3 Å². The first kappa shape index (κ1) is 14.7. The van der Waals surface area contributed by atoms with Crippen LogP contribution in [0.25, 0.3) is 4.91 Å². The maximum atomic E-state index is 12.5. The van der Waals surface area contributed by atoms with Gasteiger partial charge in [-0.3, -0.25) is 19.9 Å². The van der Waals surface area contributed by atoms with E-state index in [4.69, 9.17) is 5.41 Å². The molecule has 24 heavy (non-hydrogen) atoms. The molecule has 0 spiro atoms. The first-order valence-electron chi connectivity index (χ1n) is 7.28. The van der Waals surface area contributed by atoms with Gasteiger partial charge in [-0.2, -0.15) is 5.10 Å². The average Bonchev–Trinajstić information content (AvgIpc) is 3.16. The lowest BCUT2D eigenvalue weighted by Crippen LogP contribution is -2.30. The number of fused-ring (bicyclic) bond motifs is 1. The van der Waals surface area contributed by atoms with Gasteiger partial charge in [0.25, 0.3) is 5.91 Å². The third-order valence-electron chi connectivity index (χ3n) is 3.75. The number of thioether (sulfide) groups is 1. The number of hydrogen-bond acceptors (Lipinski definition) is 6. The molecule has 2 aliphatic rings. The summed E-state index contributed by atoms with van der Waals surface area (Å²) >= 11 is 1.42. The predicted molar refractivity (Wildman–Crippen MR) is 93.4 cm³/mol. The zero-order valence-electron chi connectivity index (χ0n) is 13.0. The average molecular weight is 338 g/mol. The molecule has 0 saturated heterocycles. The maximum Gasteiger partial charge on any atom is 0.260 e. The molecular weight excluding hydrogens is 324 g/mol. The van der Waals surface area contributed by atoms with Gasteiger partial charge in [-0.05, 0) is 18.6 Å². The summed E-state index contributed by atoms with van der Waals surface area (Å²) in [6.07, 6.45) is 7.18. The van der Waals surface area contributed by atoms with Gasteiger partial charge in [-0.15, -0.1) is 0 Å². The Hall–Kier alpha value is -2.87. The van der Waals surface area contributed by atoms with E-state index in [1.807, 2.05) is 32.4 Å². The van der Waals surface area contributed by atoms with Gasteiger partial charge in [0.2, 0.25) is 0 Å². The summed E-state index contributed by atoms with van der Waals surface area (Å²) in [6, 6.07) is 1.82. The van der Waals surface area contributed by atoms with Crippen LogP contribution in [-0.2, 0) is 11.8 Å². The fraction of sp³-hybridized carbons (Fsp3) is 0.125. The van der Waals surface area contributed by atoms with Gasteiger partial charge in [0.15, 0.2) is 0 Å². The van der Waals surface area contributed by atoms with Gasteiger partial charge in [0.1, 0.15) is 5.69 Å². The minimum atomic E-state index is -0.296. The van der Waals surface area contributed by atoms with Crippen LogP contribution in [0.15, 0.2) is 41.5 Å².